The first-order valence-electron chi connectivity index (χ1n) is 2.25. The molecular weight excluding hydrogens is 124 g/mol. The van der Waals surface area contributed by atoms with E-state index in [1.807, 2.05) is 0 Å². The minimum absolute atomic E-state index is 0.180. The van der Waals surface area contributed by atoms with E-state index in [-0.39, 0.29) is 6.42 Å². The van der Waals surface area contributed by atoms with Crippen molar-refractivity contribution in [3.8, 4) is 0 Å². The second-order valence-electron chi connectivity index (χ2n) is 1.85. The molecule has 0 saturated carbocycles. The van der Waals surface area contributed by atoms with Gasteiger partial charge in [-0.25, -0.2) is 0 Å². The molecule has 0 N–H and O–H groups in total. The lowest BCUT2D eigenvalue weighted by Gasteiger charge is -2.08. The monoisotopic (exact) mass is 132 g/mol. The Labute approximate surface area is 53.7 Å². The number of carbonyl (C=O) groups excluding carboxylic acids is 2. The third-order valence-electron chi connectivity index (χ3n) is 0.750. The molecule has 0 aliphatic heterocycles. The fourth-order valence-corrected chi connectivity index (χ4v) is 0.291. The predicted molar refractivity (Wildman–Crippen MR) is 34.1 cm³/mol. The third-order valence-corrected chi connectivity index (χ3v) is 1.04. The van der Waals surface area contributed by atoms with Gasteiger partial charge in [-0.05, 0) is 6.92 Å². The maximum atomic E-state index is 9.98. The van der Waals surface area contributed by atoms with E-state index >= 15 is 0 Å². The molecule has 0 aromatic rings. The topological polar surface area (TPSA) is 34.1 Å². The van der Waals surface area contributed by atoms with Crippen LogP contribution >= 0.6 is 12.6 Å². The molecule has 1 atom stereocenters. The minimum atomic E-state index is -0.762. The van der Waals surface area contributed by atoms with Crippen LogP contribution in [-0.4, -0.2) is 17.3 Å². The summed E-state index contributed by atoms with van der Waals surface area (Å²) >= 11 is 3.87. The van der Waals surface area contributed by atoms with Gasteiger partial charge in [0.2, 0.25) is 0 Å². The Morgan fingerprint density at radius 2 is 2.12 bits per heavy atom. The van der Waals surface area contributed by atoms with E-state index in [4.69, 9.17) is 0 Å². The first-order valence-corrected chi connectivity index (χ1v) is 2.69. The smallest absolute Gasteiger partial charge is 0.135 e. The van der Waals surface area contributed by atoms with Crippen LogP contribution in [0.4, 0.5) is 0 Å². The lowest BCUT2D eigenvalue weighted by atomic mass is 10.1. The number of hydrogen-bond acceptors (Lipinski definition) is 3. The summed E-state index contributed by atoms with van der Waals surface area (Å²) in [5, 5.41) is 0. The average molecular weight is 132 g/mol. The van der Waals surface area contributed by atoms with Crippen molar-refractivity contribution in [2.75, 3.05) is 0 Å². The molecule has 0 saturated heterocycles. The SMILES string of the molecule is CC(S)(C=O)CC=O. The second-order valence-corrected chi connectivity index (χ2v) is 2.87. The normalized spacial score (nSPS) is 16.8. The van der Waals surface area contributed by atoms with Gasteiger partial charge in [0.05, 0.1) is 4.75 Å². The van der Waals surface area contributed by atoms with Gasteiger partial charge in [-0.1, -0.05) is 0 Å². The molecule has 0 spiro atoms. The van der Waals surface area contributed by atoms with Crippen LogP contribution < -0.4 is 0 Å². The lowest BCUT2D eigenvalue weighted by Crippen LogP contribution is -2.18. The van der Waals surface area contributed by atoms with Crippen LogP contribution in [0.3, 0.4) is 0 Å². The molecule has 3 heteroatoms. The Kier molecular flexibility index (Phi) is 2.76. The van der Waals surface area contributed by atoms with Crippen LogP contribution in [-0.2, 0) is 9.59 Å². The van der Waals surface area contributed by atoms with Crippen molar-refractivity contribution < 1.29 is 9.59 Å². The summed E-state index contributed by atoms with van der Waals surface area (Å²) in [6, 6.07) is 0. The molecule has 0 aliphatic carbocycles. The highest BCUT2D eigenvalue weighted by Gasteiger charge is 2.15. The Hall–Kier alpha value is -0.310. The van der Waals surface area contributed by atoms with Gasteiger partial charge in [0.25, 0.3) is 0 Å². The van der Waals surface area contributed by atoms with Crippen molar-refractivity contribution >= 4 is 25.2 Å². The molecule has 2 nitrogen and oxygen atoms in total. The number of carbonyl (C=O) groups is 2. The van der Waals surface area contributed by atoms with Gasteiger partial charge in [-0.2, -0.15) is 12.6 Å². The first kappa shape index (κ1) is 7.69. The molecule has 1 unspecified atom stereocenters. The summed E-state index contributed by atoms with van der Waals surface area (Å²) in [4.78, 5) is 19.8. The molecule has 46 valence electrons. The standard InChI is InChI=1S/C5H8O2S/c1-5(8,4-7)2-3-6/h3-4,8H,2H2,1H3. The molecule has 0 fully saturated rings. The fraction of sp³-hybridized carbons (Fsp3) is 0.600. The minimum Gasteiger partial charge on any atom is -0.303 e. The average Bonchev–Trinajstić information content (AvgIpc) is 1.67. The van der Waals surface area contributed by atoms with Gasteiger partial charge in [0.1, 0.15) is 12.6 Å². The van der Waals surface area contributed by atoms with Crippen LogP contribution in [0.2, 0.25) is 0 Å². The van der Waals surface area contributed by atoms with Crippen molar-refractivity contribution in [3.05, 3.63) is 0 Å². The first-order chi connectivity index (χ1) is 3.62. The van der Waals surface area contributed by atoms with Gasteiger partial charge in [0.15, 0.2) is 0 Å². The van der Waals surface area contributed by atoms with Crippen molar-refractivity contribution in [1.82, 2.24) is 0 Å². The van der Waals surface area contributed by atoms with Crippen LogP contribution in [0.1, 0.15) is 13.3 Å². The largest absolute Gasteiger partial charge is 0.303 e. The van der Waals surface area contributed by atoms with Gasteiger partial charge in [0, 0.05) is 6.42 Å². The number of rotatable bonds is 3. The summed E-state index contributed by atoms with van der Waals surface area (Å²) < 4.78 is -0.762. The zero-order chi connectivity index (χ0) is 6.62. The zero-order valence-electron chi connectivity index (χ0n) is 4.63. The second kappa shape index (κ2) is 2.87. The highest BCUT2D eigenvalue weighted by molar-refractivity contribution is 7.82. The lowest BCUT2D eigenvalue weighted by molar-refractivity contribution is -0.113. The quantitative estimate of drug-likeness (QED) is 0.447. The van der Waals surface area contributed by atoms with Gasteiger partial charge in [-0.15, -0.1) is 0 Å². The molecule has 8 heavy (non-hydrogen) atoms. The molecule has 0 aromatic heterocycles. The summed E-state index contributed by atoms with van der Waals surface area (Å²) in [5.41, 5.74) is 0. The van der Waals surface area contributed by atoms with Crippen molar-refractivity contribution in [3.63, 3.8) is 0 Å². The maximum absolute atomic E-state index is 9.98. The number of thiol groups is 1. The van der Waals surface area contributed by atoms with Crippen molar-refractivity contribution in [2.45, 2.75) is 18.1 Å². The van der Waals surface area contributed by atoms with E-state index in [9.17, 15) is 9.59 Å². The molecular formula is C5H8O2S. The number of aldehydes is 2. The molecule has 0 radical (unpaired) electrons. The van der Waals surface area contributed by atoms with Gasteiger partial charge < -0.3 is 9.59 Å². The molecule has 0 rings (SSSR count). The highest BCUT2D eigenvalue weighted by Crippen LogP contribution is 2.11. The van der Waals surface area contributed by atoms with E-state index in [1.54, 1.807) is 6.92 Å². The van der Waals surface area contributed by atoms with Crippen molar-refractivity contribution in [2.24, 2.45) is 0 Å². The van der Waals surface area contributed by atoms with Crippen LogP contribution in [0.25, 0.3) is 0 Å². The summed E-state index contributed by atoms with van der Waals surface area (Å²) in [6.45, 7) is 1.59. The van der Waals surface area contributed by atoms with Crippen LogP contribution in [0.5, 0.6) is 0 Å². The van der Waals surface area contributed by atoms with E-state index < -0.39 is 4.75 Å². The molecule has 0 bridgehead atoms. The number of hydrogen-bond donors (Lipinski definition) is 1. The highest BCUT2D eigenvalue weighted by atomic mass is 32.1. The molecule has 0 aromatic carbocycles. The van der Waals surface area contributed by atoms with E-state index in [0.29, 0.717) is 12.6 Å². The summed E-state index contributed by atoms with van der Waals surface area (Å²) in [6.07, 6.45) is 1.52. The Bertz CT molecular complexity index is 98.6. The van der Waals surface area contributed by atoms with E-state index in [1.165, 1.54) is 0 Å². The zero-order valence-corrected chi connectivity index (χ0v) is 5.52. The molecule has 0 aliphatic rings. The van der Waals surface area contributed by atoms with Crippen molar-refractivity contribution in [1.29, 1.82) is 0 Å². The van der Waals surface area contributed by atoms with Crippen LogP contribution in [0, 0.1) is 0 Å². The van der Waals surface area contributed by atoms with Crippen LogP contribution in [0.15, 0.2) is 0 Å². The van der Waals surface area contributed by atoms with E-state index in [0.717, 1.165) is 0 Å². The predicted octanol–water partition coefficient (Wildman–Crippen LogP) is 0.463. The summed E-state index contributed by atoms with van der Waals surface area (Å²) in [7, 11) is 0. The van der Waals surface area contributed by atoms with Gasteiger partial charge >= 0.3 is 0 Å². The Morgan fingerprint density at radius 3 is 2.25 bits per heavy atom. The third kappa shape index (κ3) is 2.80. The fourth-order valence-electron chi connectivity index (χ4n) is 0.217. The Balaban J connectivity index is 3.70. The van der Waals surface area contributed by atoms with Gasteiger partial charge in [-0.3, -0.25) is 0 Å². The molecule has 0 heterocycles. The maximum Gasteiger partial charge on any atom is 0.135 e. The Morgan fingerprint density at radius 1 is 1.62 bits per heavy atom. The molecule has 0 amide bonds. The summed E-state index contributed by atoms with van der Waals surface area (Å²) in [5.74, 6) is 0. The van der Waals surface area contributed by atoms with E-state index in [2.05, 4.69) is 12.6 Å².